The van der Waals surface area contributed by atoms with Crippen molar-refractivity contribution in [3.8, 4) is 0 Å². The topological polar surface area (TPSA) is 20.3 Å². The molecule has 0 spiro atoms. The van der Waals surface area contributed by atoms with Gasteiger partial charge in [-0.05, 0) is 44.4 Å². The number of aldehydes is 1. The Labute approximate surface area is 95.1 Å². The zero-order valence-corrected chi connectivity index (χ0v) is 9.45. The van der Waals surface area contributed by atoms with Crippen LogP contribution in [0.4, 0.5) is 10.1 Å². The highest BCUT2D eigenvalue weighted by atomic mass is 19.1. The standard InChI is InChI=1S/C13H16FNO/c1-10-4-2-3-5-15(10)13-7-11(9-16)6-12(14)8-13/h6-10H,2-5H2,1H3. The SMILES string of the molecule is CC1CCCCN1c1cc(F)cc(C=O)c1. The van der Waals surface area contributed by atoms with Gasteiger partial charge < -0.3 is 4.90 Å². The van der Waals surface area contributed by atoms with Crippen molar-refractivity contribution in [1.82, 2.24) is 0 Å². The number of piperidine rings is 1. The molecule has 0 bridgehead atoms. The molecule has 1 aromatic rings. The van der Waals surface area contributed by atoms with Gasteiger partial charge in [0.2, 0.25) is 0 Å². The van der Waals surface area contributed by atoms with E-state index >= 15 is 0 Å². The molecule has 1 aliphatic heterocycles. The van der Waals surface area contributed by atoms with Crippen molar-refractivity contribution >= 4 is 12.0 Å². The number of benzene rings is 1. The second kappa shape index (κ2) is 4.64. The van der Waals surface area contributed by atoms with E-state index in [1.807, 2.05) is 0 Å². The number of nitrogens with zero attached hydrogens (tertiary/aromatic N) is 1. The highest BCUT2D eigenvalue weighted by molar-refractivity contribution is 5.77. The van der Waals surface area contributed by atoms with Crippen molar-refractivity contribution in [2.75, 3.05) is 11.4 Å². The number of rotatable bonds is 2. The van der Waals surface area contributed by atoms with Crippen molar-refractivity contribution in [3.63, 3.8) is 0 Å². The Morgan fingerprint density at radius 1 is 1.38 bits per heavy atom. The van der Waals surface area contributed by atoms with Crippen LogP contribution < -0.4 is 4.90 Å². The second-order valence-electron chi connectivity index (χ2n) is 4.40. The summed E-state index contributed by atoms with van der Waals surface area (Å²) in [6, 6.07) is 4.97. The lowest BCUT2D eigenvalue weighted by atomic mass is 10.0. The first-order valence-corrected chi connectivity index (χ1v) is 5.73. The Morgan fingerprint density at radius 2 is 2.19 bits per heavy atom. The third-order valence-electron chi connectivity index (χ3n) is 3.18. The van der Waals surface area contributed by atoms with Crippen LogP contribution in [0.3, 0.4) is 0 Å². The number of hydrogen-bond acceptors (Lipinski definition) is 2. The fraction of sp³-hybridized carbons (Fsp3) is 0.462. The summed E-state index contributed by atoms with van der Waals surface area (Å²) in [6.07, 6.45) is 4.19. The number of anilines is 1. The summed E-state index contributed by atoms with van der Waals surface area (Å²) in [5.74, 6) is -0.336. The van der Waals surface area contributed by atoms with Gasteiger partial charge >= 0.3 is 0 Å². The first-order valence-electron chi connectivity index (χ1n) is 5.73. The van der Waals surface area contributed by atoms with E-state index in [-0.39, 0.29) is 5.82 Å². The molecular weight excluding hydrogens is 205 g/mol. The van der Waals surface area contributed by atoms with Gasteiger partial charge in [0.1, 0.15) is 12.1 Å². The summed E-state index contributed by atoms with van der Waals surface area (Å²) in [5, 5.41) is 0. The summed E-state index contributed by atoms with van der Waals surface area (Å²) < 4.78 is 13.3. The predicted octanol–water partition coefficient (Wildman–Crippen LogP) is 3.02. The average Bonchev–Trinajstić information content (AvgIpc) is 2.28. The predicted molar refractivity (Wildman–Crippen MR) is 62.4 cm³/mol. The molecule has 16 heavy (non-hydrogen) atoms. The number of carbonyl (C=O) groups is 1. The van der Waals surface area contributed by atoms with Gasteiger partial charge in [-0.2, -0.15) is 0 Å². The summed E-state index contributed by atoms with van der Waals surface area (Å²) in [6.45, 7) is 3.09. The number of hydrogen-bond donors (Lipinski definition) is 0. The monoisotopic (exact) mass is 221 g/mol. The van der Waals surface area contributed by atoms with Gasteiger partial charge in [-0.25, -0.2) is 4.39 Å². The van der Waals surface area contributed by atoms with Crippen LogP contribution in [-0.2, 0) is 0 Å². The molecule has 2 rings (SSSR count). The molecule has 1 aliphatic rings. The summed E-state index contributed by atoms with van der Waals surface area (Å²) >= 11 is 0. The molecule has 1 heterocycles. The Kier molecular flexibility index (Phi) is 3.22. The Hall–Kier alpha value is -1.38. The quantitative estimate of drug-likeness (QED) is 0.715. The van der Waals surface area contributed by atoms with E-state index in [2.05, 4.69) is 11.8 Å². The molecule has 0 aliphatic carbocycles. The van der Waals surface area contributed by atoms with Crippen molar-refractivity contribution in [2.45, 2.75) is 32.2 Å². The molecule has 1 aromatic carbocycles. The molecule has 3 heteroatoms. The minimum absolute atomic E-state index is 0.336. The zero-order chi connectivity index (χ0) is 11.5. The Bertz CT molecular complexity index is 392. The first-order chi connectivity index (χ1) is 7.70. The molecule has 1 saturated heterocycles. The molecule has 0 N–H and O–H groups in total. The van der Waals surface area contributed by atoms with Crippen LogP contribution in [-0.4, -0.2) is 18.9 Å². The maximum Gasteiger partial charge on any atom is 0.150 e. The van der Waals surface area contributed by atoms with Crippen molar-refractivity contribution in [1.29, 1.82) is 0 Å². The molecule has 2 nitrogen and oxygen atoms in total. The second-order valence-corrected chi connectivity index (χ2v) is 4.40. The summed E-state index contributed by atoms with van der Waals surface area (Å²) in [5.41, 5.74) is 1.24. The normalized spacial score (nSPS) is 20.9. The van der Waals surface area contributed by atoms with Crippen LogP contribution in [0, 0.1) is 5.82 Å². The molecule has 1 atom stereocenters. The van der Waals surface area contributed by atoms with Gasteiger partial charge in [-0.15, -0.1) is 0 Å². The molecule has 0 radical (unpaired) electrons. The van der Waals surface area contributed by atoms with Gasteiger partial charge in [0.15, 0.2) is 0 Å². The number of carbonyl (C=O) groups excluding carboxylic acids is 1. The maximum atomic E-state index is 13.3. The van der Waals surface area contributed by atoms with E-state index in [0.717, 1.165) is 25.1 Å². The molecule has 0 aromatic heterocycles. The van der Waals surface area contributed by atoms with Crippen molar-refractivity contribution in [2.24, 2.45) is 0 Å². The van der Waals surface area contributed by atoms with Crippen LogP contribution in [0.25, 0.3) is 0 Å². The van der Waals surface area contributed by atoms with E-state index in [1.165, 1.54) is 18.6 Å². The smallest absolute Gasteiger partial charge is 0.150 e. The lowest BCUT2D eigenvalue weighted by Crippen LogP contribution is -2.37. The summed E-state index contributed by atoms with van der Waals surface area (Å²) in [7, 11) is 0. The van der Waals surface area contributed by atoms with Crippen LogP contribution in [0.1, 0.15) is 36.5 Å². The van der Waals surface area contributed by atoms with Gasteiger partial charge in [-0.3, -0.25) is 4.79 Å². The molecule has 86 valence electrons. The maximum absolute atomic E-state index is 13.3. The van der Waals surface area contributed by atoms with Crippen LogP contribution in [0.15, 0.2) is 18.2 Å². The van der Waals surface area contributed by atoms with E-state index in [0.29, 0.717) is 17.9 Å². The highest BCUT2D eigenvalue weighted by Gasteiger charge is 2.19. The third kappa shape index (κ3) is 2.23. The summed E-state index contributed by atoms with van der Waals surface area (Å²) in [4.78, 5) is 12.9. The van der Waals surface area contributed by atoms with E-state index in [1.54, 1.807) is 6.07 Å². The van der Waals surface area contributed by atoms with Crippen molar-refractivity contribution < 1.29 is 9.18 Å². The van der Waals surface area contributed by atoms with Gasteiger partial charge in [0, 0.05) is 23.8 Å². The van der Waals surface area contributed by atoms with E-state index < -0.39 is 0 Å². The average molecular weight is 221 g/mol. The minimum atomic E-state index is -0.336. The largest absolute Gasteiger partial charge is 0.369 e. The lowest BCUT2D eigenvalue weighted by molar-refractivity contribution is 0.112. The molecular formula is C13H16FNO. The molecule has 1 fully saturated rings. The Balaban J connectivity index is 2.31. The van der Waals surface area contributed by atoms with Crippen LogP contribution >= 0.6 is 0 Å². The van der Waals surface area contributed by atoms with E-state index in [9.17, 15) is 9.18 Å². The van der Waals surface area contributed by atoms with Gasteiger partial charge in [0.25, 0.3) is 0 Å². The third-order valence-corrected chi connectivity index (χ3v) is 3.18. The van der Waals surface area contributed by atoms with Crippen LogP contribution in [0.2, 0.25) is 0 Å². The fourth-order valence-electron chi connectivity index (χ4n) is 2.31. The highest BCUT2D eigenvalue weighted by Crippen LogP contribution is 2.25. The fourth-order valence-corrected chi connectivity index (χ4v) is 2.31. The first kappa shape index (κ1) is 11.1. The zero-order valence-electron chi connectivity index (χ0n) is 9.45. The van der Waals surface area contributed by atoms with E-state index in [4.69, 9.17) is 0 Å². The number of halogens is 1. The Morgan fingerprint density at radius 3 is 2.88 bits per heavy atom. The molecule has 0 saturated carbocycles. The lowest BCUT2D eigenvalue weighted by Gasteiger charge is -2.35. The minimum Gasteiger partial charge on any atom is -0.369 e. The molecule has 1 unspecified atom stereocenters. The van der Waals surface area contributed by atoms with Crippen LogP contribution in [0.5, 0.6) is 0 Å². The van der Waals surface area contributed by atoms with Gasteiger partial charge in [0.05, 0.1) is 0 Å². The molecule has 0 amide bonds. The van der Waals surface area contributed by atoms with Gasteiger partial charge in [-0.1, -0.05) is 0 Å². The van der Waals surface area contributed by atoms with Crippen molar-refractivity contribution in [3.05, 3.63) is 29.6 Å².